The first-order chi connectivity index (χ1) is 17.2. The third-order valence-electron chi connectivity index (χ3n) is 7.36. The molecule has 0 aliphatic carbocycles. The van der Waals surface area contributed by atoms with Crippen LogP contribution in [0.3, 0.4) is 0 Å². The second-order valence-corrected chi connectivity index (χ2v) is 16.7. The Balaban J connectivity index is 1.51. The van der Waals surface area contributed by atoms with E-state index in [0.717, 1.165) is 16.5 Å². The number of hydrogen-bond acceptors (Lipinski definition) is 5. The minimum absolute atomic E-state index is 0.0286. The number of rotatable bonds is 8. The summed E-state index contributed by atoms with van der Waals surface area (Å²) in [4.78, 5) is 16.2. The van der Waals surface area contributed by atoms with Crippen LogP contribution in [0.25, 0.3) is 21.8 Å². The molecule has 2 aromatic heterocycles. The highest BCUT2D eigenvalue weighted by Gasteiger charge is 2.37. The number of benzene rings is 2. The van der Waals surface area contributed by atoms with E-state index in [1.807, 2.05) is 26.1 Å². The molecule has 3 N–H and O–H groups in total. The third kappa shape index (κ3) is 5.70. The van der Waals surface area contributed by atoms with Crippen molar-refractivity contribution in [3.63, 3.8) is 0 Å². The molecule has 0 spiro atoms. The zero-order valence-electron chi connectivity index (χ0n) is 22.8. The molecule has 0 amide bonds. The minimum Gasteiger partial charge on any atom is -0.454 e. The summed E-state index contributed by atoms with van der Waals surface area (Å²) < 4.78 is 14.4. The Kier molecular flexibility index (Phi) is 7.20. The Bertz CT molecular complexity index is 1430. The molecule has 2 aromatic carbocycles. The fourth-order valence-corrected chi connectivity index (χ4v) is 5.24. The van der Waals surface area contributed by atoms with Crippen LogP contribution >= 0.6 is 0 Å². The summed E-state index contributed by atoms with van der Waals surface area (Å²) in [7, 11) is -3.65. The highest BCUT2D eigenvalue weighted by atomic mass is 28.4. The number of carbonyl (C=O) groups excluding carboxylic acids is 1. The fourth-order valence-electron chi connectivity index (χ4n) is 4.28. The lowest BCUT2D eigenvalue weighted by Gasteiger charge is -2.36. The lowest BCUT2D eigenvalue weighted by Crippen LogP contribution is -2.40. The van der Waals surface area contributed by atoms with Crippen molar-refractivity contribution in [3.05, 3.63) is 65.9 Å². The first-order valence-corrected chi connectivity index (χ1v) is 15.5. The molecule has 0 aliphatic heterocycles. The van der Waals surface area contributed by atoms with Crippen molar-refractivity contribution in [3.8, 4) is 0 Å². The third-order valence-corrected chi connectivity index (χ3v) is 11.8. The summed E-state index contributed by atoms with van der Waals surface area (Å²) in [6, 6.07) is 15.5. The Hall–Kier alpha value is -2.85. The molecule has 0 saturated heterocycles. The van der Waals surface area contributed by atoms with Gasteiger partial charge in [-0.05, 0) is 67.2 Å². The summed E-state index contributed by atoms with van der Waals surface area (Å²) in [5.74, 6) is -0.605. The van der Waals surface area contributed by atoms with Gasteiger partial charge in [-0.25, -0.2) is 4.79 Å². The van der Waals surface area contributed by atoms with Gasteiger partial charge >= 0.3 is 13.1 Å². The molecule has 0 aliphatic rings. The zero-order valence-corrected chi connectivity index (χ0v) is 23.8. The van der Waals surface area contributed by atoms with E-state index < -0.39 is 27.0 Å². The predicted molar refractivity (Wildman–Crippen MR) is 152 cm³/mol. The number of H-pyrrole nitrogens is 1. The normalized spacial score (nSPS) is 12.9. The van der Waals surface area contributed by atoms with Gasteiger partial charge < -0.3 is 28.8 Å². The number of ether oxygens (including phenoxy) is 1. The molecule has 9 heteroatoms. The predicted octanol–water partition coefficient (Wildman–Crippen LogP) is 4.96. The van der Waals surface area contributed by atoms with E-state index in [2.05, 4.69) is 67.7 Å². The number of para-hydroxylation sites is 1. The summed E-state index contributed by atoms with van der Waals surface area (Å²) in [6.07, 6.45) is 1.99. The summed E-state index contributed by atoms with van der Waals surface area (Å²) in [6.45, 7) is 15.9. The van der Waals surface area contributed by atoms with Gasteiger partial charge in [0.15, 0.2) is 8.32 Å². The van der Waals surface area contributed by atoms with Gasteiger partial charge in [0.1, 0.15) is 5.60 Å². The lowest BCUT2D eigenvalue weighted by molar-refractivity contribution is -0.00743. The molecule has 196 valence electrons. The number of aromatic nitrogens is 2. The van der Waals surface area contributed by atoms with Crippen LogP contribution in [0.1, 0.15) is 50.5 Å². The van der Waals surface area contributed by atoms with E-state index in [1.54, 1.807) is 18.2 Å². The lowest BCUT2D eigenvalue weighted by atomic mass is 9.83. The second kappa shape index (κ2) is 9.79. The zero-order chi connectivity index (χ0) is 27.2. The number of aromatic amines is 1. The van der Waals surface area contributed by atoms with Crippen molar-refractivity contribution in [1.82, 2.24) is 9.55 Å². The van der Waals surface area contributed by atoms with Crippen LogP contribution in [0.15, 0.2) is 54.7 Å². The van der Waals surface area contributed by atoms with Crippen molar-refractivity contribution < 1.29 is 24.0 Å². The van der Waals surface area contributed by atoms with Crippen molar-refractivity contribution in [2.45, 2.75) is 71.5 Å². The standard InChI is InChI=1S/C28H37BN2O5Si/c1-27(2,3)37(6,7)35-17-19-12-13-23-20(16-19)14-15-31(23)18-28(4,5)36-26(32)24-21-10-8-9-11-22(21)30-25(24)29(33)34/h8-16,30,33-34H,17-18H2,1-7H3. The van der Waals surface area contributed by atoms with E-state index >= 15 is 0 Å². The van der Waals surface area contributed by atoms with Crippen molar-refractivity contribution in [1.29, 1.82) is 0 Å². The van der Waals surface area contributed by atoms with E-state index in [0.29, 0.717) is 24.1 Å². The molecule has 0 unspecified atom stereocenters. The monoisotopic (exact) mass is 520 g/mol. The van der Waals surface area contributed by atoms with Gasteiger partial charge in [-0.3, -0.25) is 0 Å². The van der Waals surface area contributed by atoms with Gasteiger partial charge in [-0.1, -0.05) is 45.0 Å². The van der Waals surface area contributed by atoms with Gasteiger partial charge in [0.25, 0.3) is 0 Å². The van der Waals surface area contributed by atoms with E-state index in [1.165, 1.54) is 0 Å². The van der Waals surface area contributed by atoms with Crippen LogP contribution in [0.5, 0.6) is 0 Å². The topological polar surface area (TPSA) is 96.7 Å². The highest BCUT2D eigenvalue weighted by molar-refractivity contribution is 6.74. The largest absolute Gasteiger partial charge is 0.506 e. The van der Waals surface area contributed by atoms with Gasteiger partial charge in [0.05, 0.1) is 24.3 Å². The van der Waals surface area contributed by atoms with Crippen LogP contribution < -0.4 is 5.59 Å². The number of carbonyl (C=O) groups is 1. The number of esters is 1. The molecule has 4 rings (SSSR count). The molecular formula is C28H37BN2O5Si. The van der Waals surface area contributed by atoms with E-state index in [9.17, 15) is 14.8 Å². The van der Waals surface area contributed by atoms with Gasteiger partial charge in [-0.15, -0.1) is 0 Å². The average Bonchev–Trinajstić information content (AvgIpc) is 3.37. The molecule has 0 bridgehead atoms. The molecule has 0 saturated carbocycles. The molecule has 4 aromatic rings. The summed E-state index contributed by atoms with van der Waals surface area (Å²) in [5.41, 5.74) is 2.13. The smallest absolute Gasteiger partial charge is 0.454 e. The van der Waals surface area contributed by atoms with Crippen LogP contribution in [-0.4, -0.2) is 46.6 Å². The van der Waals surface area contributed by atoms with Gasteiger partial charge in [0.2, 0.25) is 0 Å². The van der Waals surface area contributed by atoms with Crippen molar-refractivity contribution in [2.75, 3.05) is 0 Å². The second-order valence-electron chi connectivity index (χ2n) is 11.9. The van der Waals surface area contributed by atoms with Gasteiger partial charge in [0, 0.05) is 22.6 Å². The number of hydrogen-bond donors (Lipinski definition) is 3. The number of fused-ring (bicyclic) bond motifs is 2. The fraction of sp³-hybridized carbons (Fsp3) is 0.393. The van der Waals surface area contributed by atoms with E-state index in [4.69, 9.17) is 9.16 Å². The Morgan fingerprint density at radius 2 is 1.76 bits per heavy atom. The maximum atomic E-state index is 13.2. The molecule has 0 radical (unpaired) electrons. The first kappa shape index (κ1) is 27.2. The van der Waals surface area contributed by atoms with Crippen LogP contribution in [0, 0.1) is 0 Å². The summed E-state index contributed by atoms with van der Waals surface area (Å²) in [5, 5.41) is 21.5. The van der Waals surface area contributed by atoms with Crippen LogP contribution in [0.4, 0.5) is 0 Å². The molecule has 2 heterocycles. The molecular weight excluding hydrogens is 483 g/mol. The Labute approximate surface area is 219 Å². The van der Waals surface area contributed by atoms with Crippen molar-refractivity contribution in [2.24, 2.45) is 0 Å². The molecule has 0 fully saturated rings. The van der Waals surface area contributed by atoms with Gasteiger partial charge in [-0.2, -0.15) is 0 Å². The quantitative estimate of drug-likeness (QED) is 0.226. The number of nitrogens with one attached hydrogen (secondary N) is 1. The number of nitrogens with zero attached hydrogens (tertiary/aromatic N) is 1. The highest BCUT2D eigenvalue weighted by Crippen LogP contribution is 2.37. The van der Waals surface area contributed by atoms with Crippen LogP contribution in [-0.2, 0) is 22.3 Å². The minimum atomic E-state index is -1.84. The molecule has 7 nitrogen and oxygen atoms in total. The van der Waals surface area contributed by atoms with E-state index in [-0.39, 0.29) is 16.2 Å². The summed E-state index contributed by atoms with van der Waals surface area (Å²) >= 11 is 0. The Morgan fingerprint density at radius 1 is 1.05 bits per heavy atom. The van der Waals surface area contributed by atoms with Crippen LogP contribution in [0.2, 0.25) is 18.1 Å². The maximum absolute atomic E-state index is 13.2. The molecule has 0 atom stereocenters. The van der Waals surface area contributed by atoms with Crippen molar-refractivity contribution >= 4 is 48.8 Å². The first-order valence-electron chi connectivity index (χ1n) is 12.6. The Morgan fingerprint density at radius 3 is 2.43 bits per heavy atom. The SMILES string of the molecule is CC(C)(Cn1ccc2cc(CO[Si](C)(C)C(C)(C)C)ccc21)OC(=O)c1c(B(O)O)[nH]c2ccccc12. The average molecular weight is 521 g/mol. The molecule has 37 heavy (non-hydrogen) atoms. The maximum Gasteiger partial charge on any atom is 0.506 e.